The molecule has 1 N–H and O–H groups in total. The van der Waals surface area contributed by atoms with Gasteiger partial charge in [0.25, 0.3) is 17.0 Å². The van der Waals surface area contributed by atoms with Crippen molar-refractivity contribution in [1.82, 2.24) is 19.4 Å². The Morgan fingerprint density at radius 1 is 1.25 bits per heavy atom. The van der Waals surface area contributed by atoms with E-state index in [1.807, 2.05) is 0 Å². The molecule has 1 aliphatic carbocycles. The smallest absolute Gasteiger partial charge is 0.261 e. The normalized spacial score (nSPS) is 15.5. The minimum atomic E-state index is -0.353. The number of fused-ring (bicyclic) bond motifs is 2. The highest BCUT2D eigenvalue weighted by Gasteiger charge is 2.30. The molecular weight excluding hydrogens is 308 g/mol. The number of aromatic amines is 1. The maximum absolute atomic E-state index is 12.8. The van der Waals surface area contributed by atoms with Gasteiger partial charge >= 0.3 is 0 Å². The van der Waals surface area contributed by atoms with E-state index in [0.29, 0.717) is 17.1 Å². The molecule has 1 amide bonds. The van der Waals surface area contributed by atoms with Crippen LogP contribution in [0.4, 0.5) is 0 Å². The molecule has 1 aliphatic heterocycles. The van der Waals surface area contributed by atoms with Gasteiger partial charge in [-0.1, -0.05) is 0 Å². The lowest BCUT2D eigenvalue weighted by atomic mass is 10.1. The highest BCUT2D eigenvalue weighted by atomic mass is 16.2. The Balaban J connectivity index is 1.69. The first-order valence-electron chi connectivity index (χ1n) is 8.05. The Morgan fingerprint density at radius 2 is 2.04 bits per heavy atom. The molecule has 7 heteroatoms. The molecule has 2 aromatic heterocycles. The molecule has 4 rings (SSSR count). The third kappa shape index (κ3) is 2.11. The summed E-state index contributed by atoms with van der Waals surface area (Å²) in [5.74, 6) is 0.270. The van der Waals surface area contributed by atoms with Gasteiger partial charge in [-0.2, -0.15) is 0 Å². The van der Waals surface area contributed by atoms with E-state index < -0.39 is 0 Å². The standard InChI is InChI=1S/C17H18N4O3/c1-9-18-14-8-21(7-12(14)16(23)20(9)2)17(24)11-6-10-4-3-5-13(10)19-15(11)22/h6H,3-5,7-8H2,1-2H3,(H,19,22). The number of aryl methyl sites for hydroxylation is 3. The molecule has 7 nitrogen and oxygen atoms in total. The molecule has 0 aromatic carbocycles. The SMILES string of the molecule is Cc1nc2c(c(=O)n1C)CN(C(=O)c1cc3c([nH]c1=O)CCC3)C2. The number of nitrogens with one attached hydrogen (secondary N) is 1. The summed E-state index contributed by atoms with van der Waals surface area (Å²) in [4.78, 5) is 46.1. The van der Waals surface area contributed by atoms with Crippen molar-refractivity contribution in [3.05, 3.63) is 60.7 Å². The number of carbonyl (C=O) groups excluding carboxylic acids is 1. The minimum Gasteiger partial charge on any atom is -0.328 e. The van der Waals surface area contributed by atoms with Crippen LogP contribution in [-0.4, -0.2) is 25.3 Å². The van der Waals surface area contributed by atoms with E-state index in [-0.39, 0.29) is 35.7 Å². The molecule has 0 fully saturated rings. The monoisotopic (exact) mass is 326 g/mol. The first-order valence-corrected chi connectivity index (χ1v) is 8.05. The van der Waals surface area contributed by atoms with Gasteiger partial charge in [0, 0.05) is 12.7 Å². The molecule has 24 heavy (non-hydrogen) atoms. The van der Waals surface area contributed by atoms with Gasteiger partial charge in [-0.05, 0) is 37.8 Å². The van der Waals surface area contributed by atoms with Crippen molar-refractivity contribution < 1.29 is 4.79 Å². The summed E-state index contributed by atoms with van der Waals surface area (Å²) in [6.45, 7) is 2.23. The van der Waals surface area contributed by atoms with E-state index >= 15 is 0 Å². The number of H-pyrrole nitrogens is 1. The Labute approximate surface area is 138 Å². The summed E-state index contributed by atoms with van der Waals surface area (Å²) >= 11 is 0. The fourth-order valence-electron chi connectivity index (χ4n) is 3.51. The summed E-state index contributed by atoms with van der Waals surface area (Å²) < 4.78 is 1.48. The first kappa shape index (κ1) is 14.9. The predicted molar refractivity (Wildman–Crippen MR) is 86.9 cm³/mol. The summed E-state index contributed by atoms with van der Waals surface area (Å²) in [5.41, 5.74) is 2.81. The molecule has 0 saturated heterocycles. The number of nitrogens with zero attached hydrogens (tertiary/aromatic N) is 3. The van der Waals surface area contributed by atoms with E-state index in [9.17, 15) is 14.4 Å². The van der Waals surface area contributed by atoms with Crippen LogP contribution < -0.4 is 11.1 Å². The number of hydrogen-bond donors (Lipinski definition) is 1. The highest BCUT2D eigenvalue weighted by Crippen LogP contribution is 2.22. The fraction of sp³-hybridized carbons (Fsp3) is 0.412. The number of aromatic nitrogens is 3. The van der Waals surface area contributed by atoms with Gasteiger partial charge in [0.1, 0.15) is 11.4 Å². The van der Waals surface area contributed by atoms with Gasteiger partial charge < -0.3 is 9.88 Å². The lowest BCUT2D eigenvalue weighted by molar-refractivity contribution is 0.0748. The van der Waals surface area contributed by atoms with Crippen molar-refractivity contribution in [3.63, 3.8) is 0 Å². The van der Waals surface area contributed by atoms with E-state index in [1.165, 1.54) is 9.47 Å². The number of rotatable bonds is 1. The van der Waals surface area contributed by atoms with E-state index in [1.54, 1.807) is 20.0 Å². The Kier molecular flexibility index (Phi) is 3.19. The van der Waals surface area contributed by atoms with Gasteiger partial charge in [-0.15, -0.1) is 0 Å². The van der Waals surface area contributed by atoms with E-state index in [0.717, 1.165) is 30.5 Å². The lowest BCUT2D eigenvalue weighted by Crippen LogP contribution is -2.32. The molecule has 0 radical (unpaired) electrons. The Bertz CT molecular complexity index is 987. The number of carbonyl (C=O) groups is 1. The average Bonchev–Trinajstić information content (AvgIpc) is 3.17. The molecule has 0 saturated carbocycles. The largest absolute Gasteiger partial charge is 0.328 e. The average molecular weight is 326 g/mol. The molecule has 0 spiro atoms. The molecule has 0 bridgehead atoms. The van der Waals surface area contributed by atoms with Crippen LogP contribution in [0, 0.1) is 6.92 Å². The van der Waals surface area contributed by atoms with Crippen LogP contribution in [0.2, 0.25) is 0 Å². The van der Waals surface area contributed by atoms with Crippen LogP contribution in [0.3, 0.4) is 0 Å². The molecule has 0 unspecified atom stereocenters. The van der Waals surface area contributed by atoms with E-state index in [4.69, 9.17) is 0 Å². The van der Waals surface area contributed by atoms with Gasteiger partial charge in [0.15, 0.2) is 0 Å². The second-order valence-corrected chi connectivity index (χ2v) is 6.48. The Morgan fingerprint density at radius 3 is 2.83 bits per heavy atom. The molecule has 124 valence electrons. The zero-order valence-corrected chi connectivity index (χ0v) is 13.7. The van der Waals surface area contributed by atoms with Crippen molar-refractivity contribution in [1.29, 1.82) is 0 Å². The summed E-state index contributed by atoms with van der Waals surface area (Å²) in [6.07, 6.45) is 2.73. The third-order valence-electron chi connectivity index (χ3n) is 4.99. The van der Waals surface area contributed by atoms with Gasteiger partial charge in [0.2, 0.25) is 0 Å². The molecule has 2 aliphatic rings. The number of amides is 1. The topological polar surface area (TPSA) is 88.1 Å². The first-order chi connectivity index (χ1) is 11.5. The fourth-order valence-corrected chi connectivity index (χ4v) is 3.51. The van der Waals surface area contributed by atoms with Crippen molar-refractivity contribution >= 4 is 5.91 Å². The predicted octanol–water partition coefficient (Wildman–Crippen LogP) is 0.422. The summed E-state index contributed by atoms with van der Waals surface area (Å²) in [5, 5.41) is 0. The van der Waals surface area contributed by atoms with Crippen LogP contribution in [0.15, 0.2) is 15.7 Å². The van der Waals surface area contributed by atoms with Crippen molar-refractivity contribution in [2.24, 2.45) is 7.05 Å². The van der Waals surface area contributed by atoms with E-state index in [2.05, 4.69) is 9.97 Å². The molecule has 0 atom stereocenters. The quantitative estimate of drug-likeness (QED) is 0.823. The summed E-state index contributed by atoms with van der Waals surface area (Å²) in [6, 6.07) is 1.71. The second-order valence-electron chi connectivity index (χ2n) is 6.48. The summed E-state index contributed by atoms with van der Waals surface area (Å²) in [7, 11) is 1.67. The Hall–Kier alpha value is -2.70. The van der Waals surface area contributed by atoms with Crippen LogP contribution in [0.5, 0.6) is 0 Å². The van der Waals surface area contributed by atoms with Crippen LogP contribution in [0.1, 0.15) is 45.1 Å². The van der Waals surface area contributed by atoms with Gasteiger partial charge in [0.05, 0.1) is 24.3 Å². The van der Waals surface area contributed by atoms with Crippen LogP contribution in [-0.2, 0) is 33.0 Å². The zero-order chi connectivity index (χ0) is 17.0. The van der Waals surface area contributed by atoms with Crippen molar-refractivity contribution in [2.75, 3.05) is 0 Å². The van der Waals surface area contributed by atoms with Crippen LogP contribution >= 0.6 is 0 Å². The van der Waals surface area contributed by atoms with Crippen LogP contribution in [0.25, 0.3) is 0 Å². The molecular formula is C17H18N4O3. The maximum Gasteiger partial charge on any atom is 0.261 e. The van der Waals surface area contributed by atoms with Gasteiger partial charge in [-0.3, -0.25) is 19.0 Å². The second kappa shape index (κ2) is 5.15. The number of pyridine rings is 1. The minimum absolute atomic E-state index is 0.129. The highest BCUT2D eigenvalue weighted by molar-refractivity contribution is 5.94. The molecule has 3 heterocycles. The molecule has 2 aromatic rings. The third-order valence-corrected chi connectivity index (χ3v) is 4.99. The van der Waals surface area contributed by atoms with Gasteiger partial charge in [-0.25, -0.2) is 4.98 Å². The van der Waals surface area contributed by atoms with Crippen molar-refractivity contribution in [3.8, 4) is 0 Å². The lowest BCUT2D eigenvalue weighted by Gasteiger charge is -2.15. The zero-order valence-electron chi connectivity index (χ0n) is 13.7. The number of hydrogen-bond acceptors (Lipinski definition) is 4. The van der Waals surface area contributed by atoms with Crippen molar-refractivity contribution in [2.45, 2.75) is 39.3 Å². The maximum atomic E-state index is 12.8.